The Morgan fingerprint density at radius 3 is 2.04 bits per heavy atom. The molecule has 0 saturated carbocycles. The summed E-state index contributed by atoms with van der Waals surface area (Å²) in [6, 6.07) is 10.9. The topological polar surface area (TPSA) is 18.5 Å². The number of methoxy groups -OCH3 is 1. The fraction of sp³-hybridized carbons (Fsp3) is 0.600. The molecular formula is C20H34GeO2. The summed E-state index contributed by atoms with van der Waals surface area (Å²) in [6.45, 7) is 6.76. The van der Waals surface area contributed by atoms with Gasteiger partial charge in [0.2, 0.25) is 0 Å². The Morgan fingerprint density at radius 1 is 1.04 bits per heavy atom. The molecular weight excluding hydrogens is 345 g/mol. The van der Waals surface area contributed by atoms with Crippen LogP contribution in [0.2, 0.25) is 10.5 Å². The first-order valence-electron chi connectivity index (χ1n) is 8.94. The molecule has 0 amide bonds. The van der Waals surface area contributed by atoms with Crippen LogP contribution in [0.15, 0.2) is 42.2 Å². The summed E-state index contributed by atoms with van der Waals surface area (Å²) < 4.78 is 12.2. The predicted molar refractivity (Wildman–Crippen MR) is 102 cm³/mol. The molecule has 3 heteroatoms. The molecule has 1 aromatic carbocycles. The molecule has 0 aliphatic heterocycles. The van der Waals surface area contributed by atoms with Crippen molar-refractivity contribution in [2.45, 2.75) is 61.7 Å². The Morgan fingerprint density at radius 2 is 1.61 bits per heavy atom. The van der Waals surface area contributed by atoms with Crippen molar-refractivity contribution in [3.63, 3.8) is 0 Å². The van der Waals surface area contributed by atoms with Crippen LogP contribution < -0.4 is 0 Å². The number of unbranched alkanes of at least 4 members (excludes halogenated alkanes) is 2. The SMILES string of the molecule is CCC[CH2][Ge]([CH2]CCC)([O]C)[CH](/C(C)=C/OC)c1ccccc1. The van der Waals surface area contributed by atoms with E-state index in [1.807, 2.05) is 13.4 Å². The van der Waals surface area contributed by atoms with Crippen molar-refractivity contribution < 1.29 is 8.50 Å². The van der Waals surface area contributed by atoms with E-state index in [4.69, 9.17) is 8.50 Å². The Balaban J connectivity index is 3.32. The van der Waals surface area contributed by atoms with Crippen molar-refractivity contribution in [2.24, 2.45) is 0 Å². The molecule has 0 radical (unpaired) electrons. The molecule has 0 fully saturated rings. The van der Waals surface area contributed by atoms with E-state index in [-0.39, 0.29) is 0 Å². The molecule has 1 aromatic rings. The maximum atomic E-state index is 6.42. The first kappa shape index (κ1) is 20.3. The molecule has 1 rings (SSSR count). The van der Waals surface area contributed by atoms with Gasteiger partial charge < -0.3 is 0 Å². The summed E-state index contributed by atoms with van der Waals surface area (Å²) in [5, 5.41) is 2.53. The summed E-state index contributed by atoms with van der Waals surface area (Å²) in [6.07, 6.45) is 6.92. The van der Waals surface area contributed by atoms with E-state index in [0.717, 1.165) is 0 Å². The Labute approximate surface area is 146 Å². The van der Waals surface area contributed by atoms with E-state index in [0.29, 0.717) is 4.75 Å². The minimum absolute atomic E-state index is 0.416. The van der Waals surface area contributed by atoms with Crippen LogP contribution in [0.25, 0.3) is 0 Å². The van der Waals surface area contributed by atoms with Crippen molar-refractivity contribution in [3.8, 4) is 0 Å². The van der Waals surface area contributed by atoms with E-state index in [9.17, 15) is 0 Å². The third-order valence-corrected chi connectivity index (χ3v) is 15.3. The zero-order chi connectivity index (χ0) is 17.1. The van der Waals surface area contributed by atoms with Gasteiger partial charge in [-0.05, 0) is 0 Å². The second-order valence-corrected chi connectivity index (χ2v) is 15.1. The normalized spacial score (nSPS) is 13.9. The summed E-state index contributed by atoms with van der Waals surface area (Å²) in [7, 11) is 3.70. The standard InChI is InChI=1S/C20H34GeO2/c1-6-8-15-21(23-5,16-9-7-2)20(18(3)17-22-4)19-13-11-10-12-14-19/h10-14,17,20H,6-9,15-16H2,1-5H3/b18-17+. The monoisotopic (exact) mass is 380 g/mol. The molecule has 0 heterocycles. The zero-order valence-corrected chi connectivity index (χ0v) is 17.7. The van der Waals surface area contributed by atoms with Gasteiger partial charge in [-0.15, -0.1) is 0 Å². The quantitative estimate of drug-likeness (QED) is 0.344. The second kappa shape index (κ2) is 10.9. The average Bonchev–Trinajstić information content (AvgIpc) is 2.58. The molecule has 0 aromatic heterocycles. The maximum absolute atomic E-state index is 6.42. The van der Waals surface area contributed by atoms with Gasteiger partial charge in [-0.1, -0.05) is 0 Å². The Hall–Kier alpha value is -0.737. The van der Waals surface area contributed by atoms with E-state index in [1.54, 1.807) is 7.11 Å². The van der Waals surface area contributed by atoms with Crippen molar-refractivity contribution in [3.05, 3.63) is 47.7 Å². The number of hydrogen-bond donors (Lipinski definition) is 0. The summed E-state index contributed by atoms with van der Waals surface area (Å²) in [5.74, 6) is 0. The van der Waals surface area contributed by atoms with Crippen molar-refractivity contribution in [1.29, 1.82) is 0 Å². The van der Waals surface area contributed by atoms with Gasteiger partial charge in [0, 0.05) is 0 Å². The van der Waals surface area contributed by atoms with E-state index in [2.05, 4.69) is 51.1 Å². The number of hydrogen-bond acceptors (Lipinski definition) is 2. The molecule has 0 aliphatic rings. The molecule has 0 bridgehead atoms. The average molecular weight is 379 g/mol. The molecule has 0 aliphatic carbocycles. The van der Waals surface area contributed by atoms with Gasteiger partial charge in [-0.2, -0.15) is 0 Å². The molecule has 0 saturated heterocycles. The third-order valence-electron chi connectivity index (χ3n) is 4.73. The summed E-state index contributed by atoms with van der Waals surface area (Å²) in [5.41, 5.74) is 2.71. The van der Waals surface area contributed by atoms with E-state index < -0.39 is 13.6 Å². The van der Waals surface area contributed by atoms with Crippen molar-refractivity contribution in [2.75, 3.05) is 14.2 Å². The molecule has 0 spiro atoms. The first-order chi connectivity index (χ1) is 11.1. The molecule has 1 atom stereocenters. The summed E-state index contributed by atoms with van der Waals surface area (Å²) >= 11 is -2.55. The van der Waals surface area contributed by atoms with Gasteiger partial charge in [0.05, 0.1) is 0 Å². The van der Waals surface area contributed by atoms with Gasteiger partial charge in [0.15, 0.2) is 0 Å². The van der Waals surface area contributed by atoms with Gasteiger partial charge in [0.25, 0.3) is 0 Å². The predicted octanol–water partition coefficient (Wildman–Crippen LogP) is 6.05. The van der Waals surface area contributed by atoms with Gasteiger partial charge in [-0.25, -0.2) is 0 Å². The summed E-state index contributed by atoms with van der Waals surface area (Å²) in [4.78, 5) is 0. The van der Waals surface area contributed by atoms with E-state index in [1.165, 1.54) is 47.3 Å². The van der Waals surface area contributed by atoms with E-state index >= 15 is 0 Å². The van der Waals surface area contributed by atoms with Crippen molar-refractivity contribution in [1.82, 2.24) is 0 Å². The van der Waals surface area contributed by atoms with Crippen LogP contribution in [0.1, 0.15) is 56.8 Å². The Bertz CT molecular complexity index is 448. The van der Waals surface area contributed by atoms with Crippen molar-refractivity contribution >= 4 is 13.6 Å². The molecule has 2 nitrogen and oxygen atoms in total. The second-order valence-electron chi connectivity index (χ2n) is 6.42. The van der Waals surface area contributed by atoms with Gasteiger partial charge in [-0.3, -0.25) is 0 Å². The van der Waals surface area contributed by atoms with Gasteiger partial charge in [0.1, 0.15) is 0 Å². The van der Waals surface area contributed by atoms with Crippen LogP contribution in [0, 0.1) is 0 Å². The number of allylic oxidation sites excluding steroid dienone is 1. The molecule has 23 heavy (non-hydrogen) atoms. The fourth-order valence-electron chi connectivity index (χ4n) is 3.57. The molecule has 0 N–H and O–H groups in total. The van der Waals surface area contributed by atoms with Gasteiger partial charge >= 0.3 is 146 Å². The van der Waals surface area contributed by atoms with Crippen LogP contribution in [0.4, 0.5) is 0 Å². The molecule has 1 unspecified atom stereocenters. The van der Waals surface area contributed by atoms with Crippen LogP contribution in [-0.2, 0) is 8.50 Å². The number of ether oxygens (including phenoxy) is 1. The zero-order valence-electron chi connectivity index (χ0n) is 15.6. The third kappa shape index (κ3) is 5.68. The van der Waals surface area contributed by atoms with Crippen LogP contribution >= 0.6 is 0 Å². The Kier molecular flexibility index (Phi) is 9.65. The van der Waals surface area contributed by atoms with Crippen LogP contribution in [0.5, 0.6) is 0 Å². The number of benzene rings is 1. The molecule has 130 valence electrons. The minimum atomic E-state index is -2.55. The van der Waals surface area contributed by atoms with Crippen LogP contribution in [0.3, 0.4) is 0 Å². The first-order valence-corrected chi connectivity index (χ1v) is 14.0. The van der Waals surface area contributed by atoms with Crippen LogP contribution in [-0.4, -0.2) is 27.8 Å². The number of rotatable bonds is 11. The fourth-order valence-corrected chi connectivity index (χ4v) is 14.2.